The summed E-state index contributed by atoms with van der Waals surface area (Å²) < 4.78 is 149. The molecule has 0 saturated heterocycles. The van der Waals surface area contributed by atoms with Gasteiger partial charge in [-0.15, -0.1) is 20.5 Å². The number of aliphatic carboxylic acids is 1. The van der Waals surface area contributed by atoms with Gasteiger partial charge < -0.3 is 29.9 Å². The van der Waals surface area contributed by atoms with Crippen LogP contribution in [0.15, 0.2) is 134 Å². The van der Waals surface area contributed by atoms with E-state index in [0.717, 1.165) is 54.6 Å². The number of amides is 1. The van der Waals surface area contributed by atoms with E-state index in [1.54, 1.807) is 0 Å². The molecule has 1 aliphatic rings. The number of benzene rings is 5. The summed E-state index contributed by atoms with van der Waals surface area (Å²) in [7, 11) is -20.6. The van der Waals surface area contributed by atoms with E-state index in [1.165, 1.54) is 18.2 Å². The van der Waals surface area contributed by atoms with Gasteiger partial charge in [0.15, 0.2) is 11.5 Å². The summed E-state index contributed by atoms with van der Waals surface area (Å²) >= 11 is 0. The summed E-state index contributed by atoms with van der Waals surface area (Å²) in [6.45, 7) is -1.98. The molecular weight excluding hydrogens is 993 g/mol. The highest BCUT2D eigenvalue weighted by molar-refractivity contribution is 7.87. The molecule has 0 spiro atoms. The monoisotopic (exact) mass is 1020 g/mol. The van der Waals surface area contributed by atoms with Crippen LogP contribution in [0.2, 0.25) is 0 Å². The Bertz CT molecular complexity index is 3460. The average Bonchev–Trinajstić information content (AvgIpc) is 3.60. The summed E-state index contributed by atoms with van der Waals surface area (Å²) in [5.74, 6) is -4.83. The van der Waals surface area contributed by atoms with E-state index in [1.807, 2.05) is 0 Å². The van der Waals surface area contributed by atoms with Gasteiger partial charge in [-0.2, -0.15) is 54.0 Å². The molecule has 1 unspecified atom stereocenters. The number of hydrogen-bond acceptors (Lipinski definition) is 22. The van der Waals surface area contributed by atoms with E-state index in [0.29, 0.717) is 11.1 Å². The molecule has 1 aliphatic heterocycles. The van der Waals surface area contributed by atoms with Gasteiger partial charge in [0.1, 0.15) is 67.8 Å². The number of carbonyl (C=O) groups is 2. The lowest BCUT2D eigenvalue weighted by Crippen LogP contribution is -2.33. The maximum Gasteiger partial charge on any atom is 0.355 e. The van der Waals surface area contributed by atoms with Gasteiger partial charge >= 0.3 is 5.97 Å². The number of rotatable bonds is 18. The number of phenols is 1. The van der Waals surface area contributed by atoms with E-state index >= 15 is 0 Å². The van der Waals surface area contributed by atoms with Crippen molar-refractivity contribution in [2.24, 2.45) is 35.8 Å². The highest BCUT2D eigenvalue weighted by atomic mass is 32.2. The first kappa shape index (κ1) is 50.1. The second kappa shape index (κ2) is 19.5. The summed E-state index contributed by atoms with van der Waals surface area (Å²) in [6.07, 6.45) is 0. The van der Waals surface area contributed by atoms with Crippen LogP contribution in [0.25, 0.3) is 10.8 Å². The molecule has 0 fully saturated rings. The second-order valence-electron chi connectivity index (χ2n) is 13.3. The van der Waals surface area contributed by atoms with Gasteiger partial charge in [-0.25, -0.2) is 4.79 Å². The van der Waals surface area contributed by atoms with E-state index in [9.17, 15) is 81.9 Å². The van der Waals surface area contributed by atoms with Crippen molar-refractivity contribution in [2.45, 2.75) is 25.6 Å². The van der Waals surface area contributed by atoms with Gasteiger partial charge in [0.05, 0.1) is 23.8 Å². The van der Waals surface area contributed by atoms with Crippen LogP contribution in [0.1, 0.15) is 0 Å². The molecule has 1 atom stereocenters. The lowest BCUT2D eigenvalue weighted by Gasteiger charge is -2.14. The zero-order chi connectivity index (χ0) is 49.9. The predicted octanol–water partition coefficient (Wildman–Crippen LogP) is 4.04. The Hall–Kier alpha value is -7.27. The standard InChI is InChI=1S/C36H30N8O20S4/c45-11-13-63-26-17-25(27(64-14-12-46)16-24(26)39-37-22-3-1-2-4-28(22)66(54,55)56)40-41-30-29(67(57,58)59)15-21-20(33(30)47)9-10-23(34(21)68(60,61)62)38-42-31-32(36(49)50)43-44(35(31)48)18-5-7-19(8-6-18)65(51,52)53/h1-10,15-17,31,45-47H,11-14H2,(H,49,50)(H,51,52,53)(H,54,55,56)(H,57,58,59)(H,60,61,62)/b39-37+,41-40+,42-38+. The third-order valence-corrected chi connectivity index (χ3v) is 12.5. The minimum atomic E-state index is -5.56. The summed E-state index contributed by atoms with van der Waals surface area (Å²) in [6, 6.07) is 10.7. The molecule has 5 aromatic rings. The fraction of sp³-hybridized carbons (Fsp3) is 0.139. The predicted molar refractivity (Wildman–Crippen MR) is 229 cm³/mol. The Kier molecular flexibility index (Phi) is 14.4. The smallest absolute Gasteiger partial charge is 0.355 e. The lowest BCUT2D eigenvalue weighted by atomic mass is 10.1. The number of aliphatic hydroxyl groups excluding tert-OH is 2. The van der Waals surface area contributed by atoms with Crippen LogP contribution >= 0.6 is 0 Å². The number of carboxylic acids is 1. The minimum Gasteiger partial charge on any atom is -0.505 e. The number of aromatic hydroxyl groups is 1. The first-order chi connectivity index (χ1) is 31.8. The van der Waals surface area contributed by atoms with Crippen molar-refractivity contribution >= 4 is 103 Å². The number of hydrazone groups is 1. The molecule has 1 heterocycles. The molecule has 0 bridgehead atoms. The van der Waals surface area contributed by atoms with Crippen molar-refractivity contribution < 1.29 is 91.4 Å². The first-order valence-corrected chi connectivity index (χ1v) is 24.1. The van der Waals surface area contributed by atoms with Crippen LogP contribution in [0.5, 0.6) is 17.2 Å². The number of carboxylic acid groups (broad SMARTS) is 1. The number of nitrogens with zero attached hydrogens (tertiary/aromatic N) is 8. The van der Waals surface area contributed by atoms with Crippen LogP contribution in [-0.2, 0) is 50.1 Å². The van der Waals surface area contributed by atoms with Gasteiger partial charge in [-0.3, -0.25) is 23.0 Å². The van der Waals surface area contributed by atoms with Crippen molar-refractivity contribution in [3.8, 4) is 17.2 Å². The van der Waals surface area contributed by atoms with Gasteiger partial charge in [-0.1, -0.05) is 12.1 Å². The molecular formula is C36H30N8O20S4. The molecule has 28 nitrogen and oxygen atoms in total. The largest absolute Gasteiger partial charge is 0.505 e. The molecule has 0 saturated carbocycles. The van der Waals surface area contributed by atoms with Crippen molar-refractivity contribution in [3.63, 3.8) is 0 Å². The zero-order valence-corrected chi connectivity index (χ0v) is 36.9. The van der Waals surface area contributed by atoms with Crippen LogP contribution in [0, 0.1) is 0 Å². The van der Waals surface area contributed by atoms with Crippen molar-refractivity contribution in [1.82, 2.24) is 0 Å². The zero-order valence-electron chi connectivity index (χ0n) is 33.6. The Morgan fingerprint density at radius 2 is 1.19 bits per heavy atom. The topological polar surface area (TPSA) is 441 Å². The molecule has 5 aromatic carbocycles. The van der Waals surface area contributed by atoms with Gasteiger partial charge in [0.25, 0.3) is 46.4 Å². The third-order valence-electron chi connectivity index (χ3n) is 8.89. The van der Waals surface area contributed by atoms with Crippen LogP contribution in [0.3, 0.4) is 0 Å². The number of fused-ring (bicyclic) bond motifs is 1. The third kappa shape index (κ3) is 10.9. The van der Waals surface area contributed by atoms with E-state index in [4.69, 9.17) is 9.47 Å². The number of aliphatic hydroxyl groups is 2. The molecule has 32 heteroatoms. The van der Waals surface area contributed by atoms with Crippen LogP contribution in [0.4, 0.5) is 34.1 Å². The lowest BCUT2D eigenvalue weighted by molar-refractivity contribution is -0.130. The molecule has 6 rings (SSSR count). The molecule has 0 radical (unpaired) electrons. The Morgan fingerprint density at radius 1 is 0.632 bits per heavy atom. The fourth-order valence-corrected chi connectivity index (χ4v) is 8.58. The van der Waals surface area contributed by atoms with Crippen LogP contribution in [-0.4, -0.2) is 122 Å². The van der Waals surface area contributed by atoms with Gasteiger partial charge in [0.2, 0.25) is 6.04 Å². The molecule has 0 aliphatic carbocycles. The Balaban J connectivity index is 1.45. The van der Waals surface area contributed by atoms with Crippen molar-refractivity contribution in [2.75, 3.05) is 31.4 Å². The maximum absolute atomic E-state index is 13.3. The minimum absolute atomic E-state index is 0.213. The van der Waals surface area contributed by atoms with Crippen LogP contribution < -0.4 is 14.5 Å². The summed E-state index contributed by atoms with van der Waals surface area (Å²) in [4.78, 5) is 21.6. The SMILES string of the molecule is O=C(O)C1=NN(c2ccc(S(=O)(=O)O)cc2)C(=O)C1/N=N/c1ccc2c(O)c(/N=N/c3cc(OCCO)c(/N=N/c4ccccc4S(=O)(=O)O)cc3OCCO)c(S(=O)(=O)O)cc2c1S(=O)(=O)O. The van der Waals surface area contributed by atoms with Gasteiger partial charge in [0, 0.05) is 22.9 Å². The van der Waals surface area contributed by atoms with Gasteiger partial charge in [-0.05, 0) is 54.6 Å². The second-order valence-corrected chi connectivity index (χ2v) is 18.9. The number of phenolic OH excluding ortho intramolecular Hbond substituents is 1. The highest BCUT2D eigenvalue weighted by Gasteiger charge is 2.41. The first-order valence-electron chi connectivity index (χ1n) is 18.3. The van der Waals surface area contributed by atoms with E-state index < -0.39 is 144 Å². The fourth-order valence-electron chi connectivity index (χ4n) is 6.00. The molecule has 1 amide bonds. The molecule has 8 N–H and O–H groups in total. The average molecular weight is 1020 g/mol. The normalized spacial score (nSPS) is 15.0. The highest BCUT2D eigenvalue weighted by Crippen LogP contribution is 2.47. The van der Waals surface area contributed by atoms with E-state index in [2.05, 4.69) is 35.8 Å². The van der Waals surface area contributed by atoms with E-state index in [-0.39, 0.29) is 28.6 Å². The number of carbonyl (C=O) groups excluding carboxylic acids is 1. The quantitative estimate of drug-likeness (QED) is 0.0453. The Labute approximate surface area is 381 Å². The number of azo groups is 3. The molecule has 0 aromatic heterocycles. The number of hydrogen-bond donors (Lipinski definition) is 8. The number of anilines is 1. The Morgan fingerprint density at radius 3 is 1.72 bits per heavy atom. The molecule has 68 heavy (non-hydrogen) atoms. The summed E-state index contributed by atoms with van der Waals surface area (Å²) in [5.41, 5.74) is -4.09. The maximum atomic E-state index is 13.3. The van der Waals surface area contributed by atoms with Crippen molar-refractivity contribution in [1.29, 1.82) is 0 Å². The van der Waals surface area contributed by atoms with Crippen molar-refractivity contribution in [3.05, 3.63) is 78.9 Å². The number of ether oxygens (including phenoxy) is 2. The molecule has 358 valence electrons. The summed E-state index contributed by atoms with van der Waals surface area (Å²) in [5, 5.41) is 65.5.